The van der Waals surface area contributed by atoms with Crippen molar-refractivity contribution in [3.05, 3.63) is 35.9 Å². The van der Waals surface area contributed by atoms with Crippen molar-refractivity contribution in [1.82, 2.24) is 5.06 Å². The molecule has 1 aromatic rings. The molecule has 0 bridgehead atoms. The van der Waals surface area contributed by atoms with Crippen molar-refractivity contribution in [3.8, 4) is 0 Å². The zero-order valence-electron chi connectivity index (χ0n) is 12.0. The highest BCUT2D eigenvalue weighted by Crippen LogP contribution is 2.21. The zero-order valence-corrected chi connectivity index (χ0v) is 12.0. The van der Waals surface area contributed by atoms with Crippen molar-refractivity contribution in [2.24, 2.45) is 0 Å². The van der Waals surface area contributed by atoms with Gasteiger partial charge in [0.25, 0.3) is 0 Å². The van der Waals surface area contributed by atoms with Crippen LogP contribution in [0.1, 0.15) is 18.4 Å². The van der Waals surface area contributed by atoms with E-state index in [0.717, 1.165) is 12.0 Å². The number of hydrogen-bond donors (Lipinski definition) is 0. The maximum absolute atomic E-state index is 11.9. The Balaban J connectivity index is 1.71. The molecule has 2 unspecified atom stereocenters. The first-order valence-electron chi connectivity index (χ1n) is 6.81. The maximum atomic E-state index is 11.9. The van der Waals surface area contributed by atoms with Crippen LogP contribution < -0.4 is 0 Å². The number of hydroxylamine groups is 2. The minimum Gasteiger partial charge on any atom is -0.459 e. The molecule has 1 aliphatic heterocycles. The van der Waals surface area contributed by atoms with Gasteiger partial charge in [-0.05, 0) is 18.4 Å². The molecule has 1 aliphatic rings. The second kappa shape index (κ2) is 7.38. The number of rotatable bonds is 6. The van der Waals surface area contributed by atoms with Crippen molar-refractivity contribution < 1.29 is 19.1 Å². The van der Waals surface area contributed by atoms with E-state index in [1.165, 1.54) is 0 Å². The Morgan fingerprint density at radius 1 is 1.30 bits per heavy atom. The molecule has 1 aromatic carbocycles. The van der Waals surface area contributed by atoms with Crippen molar-refractivity contribution in [3.63, 3.8) is 0 Å². The smallest absolute Gasteiger partial charge is 0.335 e. The van der Waals surface area contributed by atoms with E-state index in [0.29, 0.717) is 19.6 Å². The van der Waals surface area contributed by atoms with E-state index in [9.17, 15) is 4.79 Å². The Morgan fingerprint density at radius 3 is 2.75 bits per heavy atom. The van der Waals surface area contributed by atoms with Crippen molar-refractivity contribution in [1.29, 1.82) is 0 Å². The molecular weight excluding hydrogens is 258 g/mol. The average molecular weight is 279 g/mol. The predicted molar refractivity (Wildman–Crippen MR) is 73.8 cm³/mol. The third-order valence-corrected chi connectivity index (χ3v) is 3.11. The Hall–Kier alpha value is -1.43. The van der Waals surface area contributed by atoms with E-state index in [4.69, 9.17) is 14.3 Å². The van der Waals surface area contributed by atoms with E-state index < -0.39 is 6.10 Å². The number of benzene rings is 1. The van der Waals surface area contributed by atoms with Gasteiger partial charge in [-0.25, -0.2) is 4.79 Å². The first kappa shape index (κ1) is 15.0. The van der Waals surface area contributed by atoms with Gasteiger partial charge in [-0.3, -0.25) is 4.84 Å². The Kier molecular flexibility index (Phi) is 5.52. The fourth-order valence-electron chi connectivity index (χ4n) is 2.06. The summed E-state index contributed by atoms with van der Waals surface area (Å²) in [6.45, 7) is 0.758. The highest BCUT2D eigenvalue weighted by atomic mass is 16.7. The van der Waals surface area contributed by atoms with Gasteiger partial charge in [0.15, 0.2) is 6.10 Å². The lowest BCUT2D eigenvalue weighted by molar-refractivity contribution is -0.169. The molecule has 1 fully saturated rings. The van der Waals surface area contributed by atoms with Gasteiger partial charge < -0.3 is 9.47 Å². The average Bonchev–Trinajstić information content (AvgIpc) is 2.92. The summed E-state index contributed by atoms with van der Waals surface area (Å²) in [6, 6.07) is 9.63. The van der Waals surface area contributed by atoms with Crippen molar-refractivity contribution >= 4 is 5.97 Å². The van der Waals surface area contributed by atoms with Gasteiger partial charge in [-0.2, -0.15) is 5.06 Å². The van der Waals surface area contributed by atoms with E-state index in [1.54, 1.807) is 5.06 Å². The van der Waals surface area contributed by atoms with E-state index in [-0.39, 0.29) is 12.1 Å². The van der Waals surface area contributed by atoms with Crippen LogP contribution in [-0.2, 0) is 25.7 Å². The largest absolute Gasteiger partial charge is 0.459 e. The molecule has 0 aromatic heterocycles. The molecule has 1 saturated heterocycles. The monoisotopic (exact) mass is 279 g/mol. The molecule has 2 atom stereocenters. The molecule has 0 saturated carbocycles. The fourth-order valence-corrected chi connectivity index (χ4v) is 2.06. The van der Waals surface area contributed by atoms with E-state index in [1.807, 2.05) is 44.4 Å². The second-order valence-electron chi connectivity index (χ2n) is 5.03. The van der Waals surface area contributed by atoms with Crippen LogP contribution in [0, 0.1) is 0 Å². The number of carbonyl (C=O) groups excluding carboxylic acids is 1. The minimum absolute atomic E-state index is 0.0355. The summed E-state index contributed by atoms with van der Waals surface area (Å²) in [5, 5.41) is 1.63. The van der Waals surface area contributed by atoms with Crippen LogP contribution in [0.2, 0.25) is 0 Å². The molecule has 0 aliphatic carbocycles. The number of nitrogens with zero attached hydrogens (tertiary/aromatic N) is 1. The van der Waals surface area contributed by atoms with Crippen LogP contribution in [0.4, 0.5) is 0 Å². The first-order chi connectivity index (χ1) is 9.65. The molecule has 0 amide bonds. The number of hydrogen-bond acceptors (Lipinski definition) is 5. The summed E-state index contributed by atoms with van der Waals surface area (Å²) in [4.78, 5) is 17.2. The van der Waals surface area contributed by atoms with Gasteiger partial charge in [0.05, 0.1) is 12.7 Å². The fraction of sp³-hybridized carbons (Fsp3) is 0.533. The molecule has 110 valence electrons. The Bertz CT molecular complexity index is 421. The lowest BCUT2D eigenvalue weighted by Crippen LogP contribution is -2.27. The van der Waals surface area contributed by atoms with Crippen LogP contribution in [0.3, 0.4) is 0 Å². The van der Waals surface area contributed by atoms with Gasteiger partial charge in [-0.1, -0.05) is 30.3 Å². The van der Waals surface area contributed by atoms with Gasteiger partial charge >= 0.3 is 5.97 Å². The standard InChI is InChI=1S/C15H21NO4/c1-16(2)19-11-13-8-9-14(20-13)15(17)18-10-12-6-4-3-5-7-12/h3-7,13-14H,8-11H2,1-2H3. The van der Waals surface area contributed by atoms with Crippen LogP contribution in [0.25, 0.3) is 0 Å². The van der Waals surface area contributed by atoms with Crippen LogP contribution in [0.5, 0.6) is 0 Å². The zero-order chi connectivity index (χ0) is 14.4. The van der Waals surface area contributed by atoms with E-state index >= 15 is 0 Å². The summed E-state index contributed by atoms with van der Waals surface area (Å²) >= 11 is 0. The quantitative estimate of drug-likeness (QED) is 0.587. The molecule has 20 heavy (non-hydrogen) atoms. The van der Waals surface area contributed by atoms with Gasteiger partial charge in [-0.15, -0.1) is 0 Å². The SMILES string of the molecule is CN(C)OCC1CCC(C(=O)OCc2ccccc2)O1. The molecule has 1 heterocycles. The first-order valence-corrected chi connectivity index (χ1v) is 6.81. The third-order valence-electron chi connectivity index (χ3n) is 3.11. The number of carbonyl (C=O) groups is 1. The number of ether oxygens (including phenoxy) is 2. The third kappa shape index (κ3) is 4.59. The summed E-state index contributed by atoms with van der Waals surface area (Å²) < 4.78 is 10.9. The summed E-state index contributed by atoms with van der Waals surface area (Å²) in [5.74, 6) is -0.291. The normalized spacial score (nSPS) is 22.1. The Labute approximate surface area is 119 Å². The molecule has 2 rings (SSSR count). The molecule has 0 spiro atoms. The molecule has 5 heteroatoms. The molecule has 5 nitrogen and oxygen atoms in total. The topological polar surface area (TPSA) is 48.0 Å². The summed E-state index contributed by atoms with van der Waals surface area (Å²) in [6.07, 6.45) is 1.01. The highest BCUT2D eigenvalue weighted by Gasteiger charge is 2.32. The van der Waals surface area contributed by atoms with Crippen molar-refractivity contribution in [2.75, 3.05) is 20.7 Å². The molecule has 0 N–H and O–H groups in total. The van der Waals surface area contributed by atoms with Crippen molar-refractivity contribution in [2.45, 2.75) is 31.7 Å². The molecular formula is C15H21NO4. The lowest BCUT2D eigenvalue weighted by Gasteiger charge is -2.16. The van der Waals surface area contributed by atoms with Crippen LogP contribution in [0.15, 0.2) is 30.3 Å². The predicted octanol–water partition coefficient (Wildman–Crippen LogP) is 1.77. The van der Waals surface area contributed by atoms with Gasteiger partial charge in [0.2, 0.25) is 0 Å². The van der Waals surface area contributed by atoms with Crippen LogP contribution >= 0.6 is 0 Å². The van der Waals surface area contributed by atoms with Crippen LogP contribution in [-0.4, -0.2) is 43.9 Å². The Morgan fingerprint density at radius 2 is 2.05 bits per heavy atom. The lowest BCUT2D eigenvalue weighted by atomic mass is 10.2. The van der Waals surface area contributed by atoms with Gasteiger partial charge in [0, 0.05) is 14.1 Å². The van der Waals surface area contributed by atoms with E-state index in [2.05, 4.69) is 0 Å². The second-order valence-corrected chi connectivity index (χ2v) is 5.03. The summed E-state index contributed by atoms with van der Waals surface area (Å²) in [5.41, 5.74) is 0.978. The maximum Gasteiger partial charge on any atom is 0.335 e. The minimum atomic E-state index is -0.463. The molecule has 0 radical (unpaired) electrons. The van der Waals surface area contributed by atoms with Gasteiger partial charge in [0.1, 0.15) is 6.61 Å². The summed E-state index contributed by atoms with van der Waals surface area (Å²) in [7, 11) is 3.64. The highest BCUT2D eigenvalue weighted by molar-refractivity contribution is 5.75. The number of esters is 1.